The first-order valence-corrected chi connectivity index (χ1v) is 6.26. The van der Waals surface area contributed by atoms with E-state index in [9.17, 15) is 13.2 Å². The predicted molar refractivity (Wildman–Crippen MR) is 65.7 cm³/mol. The number of nitrogens with zero attached hydrogens (tertiary/aromatic N) is 1. The molecule has 0 amide bonds. The number of likely N-dealkylation sites (tertiary alicyclic amines) is 1. The van der Waals surface area contributed by atoms with Gasteiger partial charge >= 0.3 is 6.18 Å². The number of benzene rings is 1. The summed E-state index contributed by atoms with van der Waals surface area (Å²) < 4.78 is 42.7. The summed E-state index contributed by atoms with van der Waals surface area (Å²) in [6.07, 6.45) is -2.98. The normalized spacial score (nSPS) is 20.4. The van der Waals surface area contributed by atoms with Crippen LogP contribution >= 0.6 is 0 Å². The second kappa shape index (κ2) is 5.51. The van der Waals surface area contributed by atoms with Gasteiger partial charge in [0.2, 0.25) is 0 Å². The van der Waals surface area contributed by atoms with E-state index in [0.29, 0.717) is 25.9 Å². The average Bonchev–Trinajstić information content (AvgIpc) is 2.39. The van der Waals surface area contributed by atoms with Crippen molar-refractivity contribution in [2.45, 2.75) is 24.6 Å². The Labute approximate surface area is 111 Å². The van der Waals surface area contributed by atoms with Crippen LogP contribution in [0.3, 0.4) is 0 Å². The molecule has 2 nitrogen and oxygen atoms in total. The molecule has 105 valence electrons. The van der Waals surface area contributed by atoms with Gasteiger partial charge in [-0.15, -0.1) is 0 Å². The molecule has 1 fully saturated rings. The number of rotatable bonds is 3. The van der Waals surface area contributed by atoms with E-state index in [2.05, 4.69) is 6.07 Å². The second-order valence-corrected chi connectivity index (χ2v) is 4.88. The van der Waals surface area contributed by atoms with E-state index in [1.165, 1.54) is 4.90 Å². The Morgan fingerprint density at radius 2 is 1.84 bits per heavy atom. The fraction of sp³-hybridized carbons (Fsp3) is 0.571. The van der Waals surface area contributed by atoms with E-state index in [0.717, 1.165) is 5.56 Å². The van der Waals surface area contributed by atoms with Crippen LogP contribution < -0.4 is 0 Å². The first kappa shape index (κ1) is 14.3. The molecule has 0 bridgehead atoms. The van der Waals surface area contributed by atoms with Crippen molar-refractivity contribution < 1.29 is 17.9 Å². The largest absolute Gasteiger partial charge is 0.401 e. The molecule has 1 aliphatic heterocycles. The van der Waals surface area contributed by atoms with E-state index in [1.807, 2.05) is 12.1 Å². The van der Waals surface area contributed by atoms with Crippen molar-refractivity contribution >= 4 is 0 Å². The summed E-state index contributed by atoms with van der Waals surface area (Å²) in [5, 5.41) is 0. The minimum atomic E-state index is -4.13. The first-order chi connectivity index (χ1) is 8.95. The quantitative estimate of drug-likeness (QED) is 0.838. The van der Waals surface area contributed by atoms with Gasteiger partial charge in [-0.25, -0.2) is 0 Å². The summed E-state index contributed by atoms with van der Waals surface area (Å²) in [5.74, 6) is 0. The molecule has 1 aromatic carbocycles. The number of hydrogen-bond acceptors (Lipinski definition) is 2. The van der Waals surface area contributed by atoms with E-state index >= 15 is 0 Å². The van der Waals surface area contributed by atoms with Crippen molar-refractivity contribution in [1.82, 2.24) is 4.90 Å². The Hall–Kier alpha value is -1.07. The van der Waals surface area contributed by atoms with Crippen LogP contribution in [-0.4, -0.2) is 37.8 Å². The average molecular weight is 272 g/mol. The molecular weight excluding hydrogens is 255 g/mol. The van der Waals surface area contributed by atoms with Crippen LogP contribution in [0.5, 0.6) is 0 Å². The van der Waals surface area contributed by atoms with Crippen LogP contribution in [0, 0.1) is 6.07 Å². The molecule has 0 aliphatic carbocycles. The fourth-order valence-corrected chi connectivity index (χ4v) is 2.63. The highest BCUT2D eigenvalue weighted by molar-refractivity contribution is 5.23. The standard InChI is InChI=1S/C14H17F3NO/c1-19-13(12-5-3-2-4-6-12)7-9-18(10-8-13)11-14(15,16)17/h3-6H,7-11H2,1H3. The van der Waals surface area contributed by atoms with Crippen LogP contribution in [0.25, 0.3) is 0 Å². The van der Waals surface area contributed by atoms with Gasteiger partial charge in [-0.3, -0.25) is 4.90 Å². The third kappa shape index (κ3) is 3.48. The lowest BCUT2D eigenvalue weighted by Crippen LogP contribution is -2.46. The Morgan fingerprint density at radius 3 is 2.32 bits per heavy atom. The van der Waals surface area contributed by atoms with E-state index in [1.54, 1.807) is 19.2 Å². The number of methoxy groups -OCH3 is 1. The summed E-state index contributed by atoms with van der Waals surface area (Å²) in [4.78, 5) is 1.44. The smallest absolute Gasteiger partial charge is 0.373 e. The summed E-state index contributed by atoms with van der Waals surface area (Å²) in [5.41, 5.74) is 0.553. The van der Waals surface area contributed by atoms with Crippen molar-refractivity contribution in [3.8, 4) is 0 Å². The van der Waals surface area contributed by atoms with Gasteiger partial charge in [0, 0.05) is 20.2 Å². The molecule has 0 aromatic heterocycles. The van der Waals surface area contributed by atoms with Crippen molar-refractivity contribution in [2.24, 2.45) is 0 Å². The van der Waals surface area contributed by atoms with Crippen molar-refractivity contribution in [2.75, 3.05) is 26.7 Å². The molecule has 19 heavy (non-hydrogen) atoms. The molecule has 0 unspecified atom stereocenters. The number of alkyl halides is 3. The molecule has 1 aliphatic rings. The molecule has 1 radical (unpaired) electrons. The minimum Gasteiger partial charge on any atom is -0.373 e. The van der Waals surface area contributed by atoms with Crippen LogP contribution in [0.2, 0.25) is 0 Å². The van der Waals surface area contributed by atoms with Gasteiger partial charge in [-0.1, -0.05) is 24.3 Å². The first-order valence-electron chi connectivity index (χ1n) is 6.26. The molecule has 5 heteroatoms. The third-order valence-corrected chi connectivity index (χ3v) is 3.70. The fourth-order valence-electron chi connectivity index (χ4n) is 2.63. The molecule has 0 spiro atoms. The summed E-state index contributed by atoms with van der Waals surface area (Å²) in [6, 6.07) is 10.4. The van der Waals surface area contributed by atoms with Crippen molar-refractivity contribution in [1.29, 1.82) is 0 Å². The summed E-state index contributed by atoms with van der Waals surface area (Å²) in [6.45, 7) is -0.0483. The SMILES string of the molecule is COC1(c2cc[c]cc2)CCN(CC(F)(F)F)CC1. The second-order valence-electron chi connectivity index (χ2n) is 4.88. The molecule has 1 saturated heterocycles. The van der Waals surface area contributed by atoms with Crippen LogP contribution in [0.4, 0.5) is 13.2 Å². The lowest BCUT2D eigenvalue weighted by atomic mass is 9.84. The van der Waals surface area contributed by atoms with Crippen LogP contribution in [-0.2, 0) is 10.3 Å². The zero-order valence-corrected chi connectivity index (χ0v) is 10.8. The Kier molecular flexibility index (Phi) is 4.16. The zero-order chi connectivity index (χ0) is 13.9. The zero-order valence-electron chi connectivity index (χ0n) is 10.8. The molecular formula is C14H17F3NO. The maximum atomic E-state index is 12.4. The van der Waals surface area contributed by atoms with Gasteiger partial charge in [0.25, 0.3) is 0 Å². The van der Waals surface area contributed by atoms with Gasteiger partial charge in [0.1, 0.15) is 0 Å². The number of halogens is 3. The number of ether oxygens (including phenoxy) is 1. The van der Waals surface area contributed by atoms with E-state index in [-0.39, 0.29) is 0 Å². The topological polar surface area (TPSA) is 12.5 Å². The van der Waals surface area contributed by atoms with Gasteiger partial charge in [-0.05, 0) is 24.5 Å². The Balaban J connectivity index is 2.04. The van der Waals surface area contributed by atoms with Gasteiger partial charge in [-0.2, -0.15) is 13.2 Å². The maximum absolute atomic E-state index is 12.4. The molecule has 0 N–H and O–H groups in total. The highest BCUT2D eigenvalue weighted by atomic mass is 19.4. The highest BCUT2D eigenvalue weighted by Crippen LogP contribution is 2.36. The molecule has 1 aromatic rings. The van der Waals surface area contributed by atoms with E-state index in [4.69, 9.17) is 4.74 Å². The summed E-state index contributed by atoms with van der Waals surface area (Å²) in [7, 11) is 1.62. The predicted octanol–water partition coefficient (Wildman–Crippen LogP) is 2.99. The Morgan fingerprint density at radius 1 is 1.26 bits per heavy atom. The highest BCUT2D eigenvalue weighted by Gasteiger charge is 2.39. The monoisotopic (exact) mass is 272 g/mol. The minimum absolute atomic E-state index is 0.395. The molecule has 0 saturated carbocycles. The Bertz CT molecular complexity index is 397. The maximum Gasteiger partial charge on any atom is 0.401 e. The lowest BCUT2D eigenvalue weighted by molar-refractivity contribution is -0.157. The summed E-state index contributed by atoms with van der Waals surface area (Å²) >= 11 is 0. The lowest BCUT2D eigenvalue weighted by Gasteiger charge is -2.41. The molecule has 2 rings (SSSR count). The van der Waals surface area contributed by atoms with Gasteiger partial charge in [0.15, 0.2) is 0 Å². The van der Waals surface area contributed by atoms with Gasteiger partial charge < -0.3 is 4.74 Å². The molecule has 1 heterocycles. The van der Waals surface area contributed by atoms with E-state index < -0.39 is 18.3 Å². The number of hydrogen-bond donors (Lipinski definition) is 0. The van der Waals surface area contributed by atoms with Gasteiger partial charge in [0.05, 0.1) is 12.1 Å². The van der Waals surface area contributed by atoms with Crippen molar-refractivity contribution in [3.63, 3.8) is 0 Å². The van der Waals surface area contributed by atoms with Crippen molar-refractivity contribution in [3.05, 3.63) is 35.9 Å². The number of piperidine rings is 1. The molecule has 0 atom stereocenters. The van der Waals surface area contributed by atoms with Crippen LogP contribution in [0.15, 0.2) is 24.3 Å². The third-order valence-electron chi connectivity index (χ3n) is 3.70. The van der Waals surface area contributed by atoms with Crippen LogP contribution in [0.1, 0.15) is 18.4 Å².